The first-order valence-corrected chi connectivity index (χ1v) is 3.98. The van der Waals surface area contributed by atoms with Crippen LogP contribution in [0, 0.1) is 12.0 Å². The van der Waals surface area contributed by atoms with Gasteiger partial charge in [-0.15, -0.1) is 0 Å². The average molecular weight is 358 g/mol. The summed E-state index contributed by atoms with van der Waals surface area (Å²) >= 11 is 0. The number of Topliss-reactive ketones (excluding diaryl/α,β-unsaturated/α-hetero) is 1. The van der Waals surface area contributed by atoms with Crippen molar-refractivity contribution in [3.63, 3.8) is 0 Å². The molecule has 0 amide bonds. The van der Waals surface area contributed by atoms with Crippen molar-refractivity contribution in [1.82, 2.24) is 0 Å². The van der Waals surface area contributed by atoms with E-state index in [1.807, 2.05) is 0 Å². The number of hydrogen-bond donors (Lipinski definition) is 1. The van der Waals surface area contributed by atoms with E-state index in [0.717, 1.165) is 6.26 Å². The number of nitrogens with zero attached hydrogens (tertiary/aromatic N) is 1. The Balaban J connectivity index is 0.000000980. The fourth-order valence-electron chi connectivity index (χ4n) is 1.47. The minimum Gasteiger partial charge on any atom is -0.515 e. The van der Waals surface area contributed by atoms with Gasteiger partial charge in [0.15, 0.2) is 5.78 Å². The van der Waals surface area contributed by atoms with Gasteiger partial charge < -0.3 is 5.11 Å². The van der Waals surface area contributed by atoms with Crippen LogP contribution in [0.5, 0.6) is 0 Å². The van der Waals surface area contributed by atoms with Crippen LogP contribution in [0.4, 0.5) is 0 Å². The molecular formula is C10H8NO2W+. The summed E-state index contributed by atoms with van der Waals surface area (Å²) in [4.78, 5) is 15.8. The van der Waals surface area contributed by atoms with Crippen LogP contribution in [0.2, 0.25) is 0 Å². The topological polar surface area (TPSA) is 49.7 Å². The Kier molecular flexibility index (Phi) is 3.22. The molecule has 0 saturated heterocycles. The molecule has 0 spiro atoms. The van der Waals surface area contributed by atoms with Crippen molar-refractivity contribution in [3.05, 3.63) is 35.8 Å². The Morgan fingerprint density at radius 1 is 1.64 bits per heavy atom. The monoisotopic (exact) mass is 358 g/mol. The minimum absolute atomic E-state index is 0. The maximum atomic E-state index is 11.6. The molecule has 70 valence electrons. The number of aliphatic imine (C=N–C) groups is 1. The van der Waals surface area contributed by atoms with E-state index in [4.69, 9.17) is 5.11 Å². The van der Waals surface area contributed by atoms with Crippen molar-refractivity contribution in [3.8, 4) is 0 Å². The van der Waals surface area contributed by atoms with Crippen molar-refractivity contribution in [2.24, 2.45) is 10.9 Å². The molecule has 4 heteroatoms. The summed E-state index contributed by atoms with van der Waals surface area (Å²) in [5, 5.41) is 8.83. The predicted octanol–water partition coefficient (Wildman–Crippen LogP) is 1.34. The molecule has 1 aliphatic carbocycles. The molecule has 2 rings (SSSR count). The second kappa shape index (κ2) is 4.05. The second-order valence-electron chi connectivity index (χ2n) is 2.97. The number of carbonyl (C=O) groups excluding carboxylic acids is 1. The van der Waals surface area contributed by atoms with Gasteiger partial charge in [0.25, 0.3) is 0 Å². The number of hydrogen-bond acceptors (Lipinski definition) is 3. The van der Waals surface area contributed by atoms with Gasteiger partial charge in [0.2, 0.25) is 0 Å². The molecular weight excluding hydrogens is 350 g/mol. The molecule has 3 nitrogen and oxygen atoms in total. The molecule has 1 atom stereocenters. The third-order valence-electron chi connectivity index (χ3n) is 2.17. The molecule has 1 unspecified atom stereocenters. The zero-order valence-corrected chi connectivity index (χ0v) is 10.5. The summed E-state index contributed by atoms with van der Waals surface area (Å²) in [5.74, 6) is -0.437. The van der Waals surface area contributed by atoms with Gasteiger partial charge in [0.05, 0.1) is 11.8 Å². The van der Waals surface area contributed by atoms with Crippen LogP contribution in [0.1, 0.15) is 6.92 Å². The molecule has 0 radical (unpaired) electrons. The molecule has 1 heterocycles. The van der Waals surface area contributed by atoms with Gasteiger partial charge in [-0.3, -0.25) is 9.79 Å². The molecule has 0 fully saturated rings. The van der Waals surface area contributed by atoms with E-state index in [1.54, 1.807) is 19.1 Å². The first-order valence-electron chi connectivity index (χ1n) is 3.98. The molecule has 0 aromatic heterocycles. The van der Waals surface area contributed by atoms with Gasteiger partial charge in [-0.1, -0.05) is 5.70 Å². The number of fused-ring (bicyclic) bond motifs is 1. The largest absolute Gasteiger partial charge is 2.00 e. The molecule has 0 aromatic carbocycles. The smallest absolute Gasteiger partial charge is 0.515 e. The average Bonchev–Trinajstić information content (AvgIpc) is 2.53. The number of ketones is 1. The fourth-order valence-corrected chi connectivity index (χ4v) is 1.47. The van der Waals surface area contributed by atoms with Crippen LogP contribution in [0.25, 0.3) is 0 Å². The summed E-state index contributed by atoms with van der Waals surface area (Å²) in [6, 6.07) is 0. The van der Waals surface area contributed by atoms with Gasteiger partial charge >= 0.3 is 21.1 Å². The molecule has 0 aromatic rings. The Bertz CT molecular complexity index is 391. The van der Waals surface area contributed by atoms with Crippen molar-refractivity contribution in [2.75, 3.05) is 0 Å². The fraction of sp³-hybridized carbons (Fsp3) is 0.200. The SMILES string of the molecule is CC1=NC2=[C-]C=CC2C(=O)/C1=C/O.[W+2]. The number of rotatable bonds is 0. The first kappa shape index (κ1) is 11.1. The number of aliphatic hydroxyl groups excluding tert-OH is 1. The summed E-state index contributed by atoms with van der Waals surface area (Å²) in [6.07, 6.45) is 7.13. The summed E-state index contributed by atoms with van der Waals surface area (Å²) in [6.45, 7) is 1.70. The number of carbonyl (C=O) groups is 1. The zero-order chi connectivity index (χ0) is 9.42. The van der Waals surface area contributed by atoms with Crippen molar-refractivity contribution in [1.29, 1.82) is 0 Å². The van der Waals surface area contributed by atoms with Gasteiger partial charge in [-0.2, -0.15) is 0 Å². The maximum absolute atomic E-state index is 11.6. The standard InChI is InChI=1S/C10H8NO2.W/c1-6-8(5-12)10(13)7-3-2-4-9(7)11-6;/h2-3,5,7,12H,1H3;/q-1;+2/b8-5+;. The number of allylic oxidation sites excluding steroid dienone is 4. The van der Waals surface area contributed by atoms with E-state index in [0.29, 0.717) is 17.0 Å². The van der Waals surface area contributed by atoms with E-state index >= 15 is 0 Å². The van der Waals surface area contributed by atoms with E-state index in [2.05, 4.69) is 11.1 Å². The molecule has 14 heavy (non-hydrogen) atoms. The third-order valence-corrected chi connectivity index (χ3v) is 2.17. The van der Waals surface area contributed by atoms with Crippen molar-refractivity contribution in [2.45, 2.75) is 6.92 Å². The number of aliphatic hydroxyl groups is 1. The van der Waals surface area contributed by atoms with E-state index in [1.165, 1.54) is 0 Å². The molecule has 1 N–H and O–H groups in total. The van der Waals surface area contributed by atoms with Crippen LogP contribution in [-0.4, -0.2) is 16.6 Å². The Hall–Kier alpha value is -0.952. The second-order valence-corrected chi connectivity index (χ2v) is 2.97. The van der Waals surface area contributed by atoms with E-state index in [-0.39, 0.29) is 32.8 Å². The van der Waals surface area contributed by atoms with Crippen LogP contribution < -0.4 is 0 Å². The summed E-state index contributed by atoms with van der Waals surface area (Å²) < 4.78 is 0. The quantitative estimate of drug-likeness (QED) is 0.404. The Labute approximate surface area is 96.2 Å². The summed E-state index contributed by atoms with van der Waals surface area (Å²) in [7, 11) is 0. The van der Waals surface area contributed by atoms with Crippen molar-refractivity contribution < 1.29 is 31.0 Å². The zero-order valence-electron chi connectivity index (χ0n) is 7.52. The normalized spacial score (nSPS) is 26.8. The van der Waals surface area contributed by atoms with Gasteiger partial charge in [0.1, 0.15) is 0 Å². The van der Waals surface area contributed by atoms with Crippen LogP contribution in [0.15, 0.2) is 34.7 Å². The first-order chi connectivity index (χ1) is 6.24. The molecule has 0 bridgehead atoms. The Morgan fingerprint density at radius 2 is 2.36 bits per heavy atom. The summed E-state index contributed by atoms with van der Waals surface area (Å²) in [5.41, 5.74) is 1.49. The Morgan fingerprint density at radius 3 is 3.00 bits per heavy atom. The third kappa shape index (κ3) is 1.52. The minimum atomic E-state index is -0.331. The van der Waals surface area contributed by atoms with Gasteiger partial charge in [-0.25, -0.2) is 18.2 Å². The molecule has 1 aliphatic heterocycles. The van der Waals surface area contributed by atoms with Crippen LogP contribution in [0.3, 0.4) is 0 Å². The molecule has 2 aliphatic rings. The van der Waals surface area contributed by atoms with Crippen molar-refractivity contribution >= 4 is 11.5 Å². The van der Waals surface area contributed by atoms with Gasteiger partial charge in [-0.05, 0) is 6.92 Å². The molecule has 0 saturated carbocycles. The van der Waals surface area contributed by atoms with Crippen LogP contribution in [-0.2, 0) is 25.9 Å². The predicted molar refractivity (Wildman–Crippen MR) is 48.2 cm³/mol. The van der Waals surface area contributed by atoms with Crippen LogP contribution >= 0.6 is 0 Å². The van der Waals surface area contributed by atoms with E-state index in [9.17, 15) is 4.79 Å². The van der Waals surface area contributed by atoms with E-state index < -0.39 is 0 Å². The maximum Gasteiger partial charge on any atom is 2.00 e. The van der Waals surface area contributed by atoms with Gasteiger partial charge in [0, 0.05) is 11.6 Å².